The van der Waals surface area contributed by atoms with Gasteiger partial charge in [0.15, 0.2) is 0 Å². The Morgan fingerprint density at radius 2 is 2.22 bits per heavy atom. The number of ether oxygens (including phenoxy) is 1. The molecular formula is C17H21N3O3. The second-order valence-corrected chi connectivity index (χ2v) is 6.11. The lowest BCUT2D eigenvalue weighted by atomic mass is 10.1. The molecule has 1 saturated heterocycles. The molecule has 3 heterocycles. The Morgan fingerprint density at radius 3 is 2.91 bits per heavy atom. The fourth-order valence-electron chi connectivity index (χ4n) is 2.62. The SMILES string of the molecule is Cc1cc([C@H]2CN(C(=O)c3cc(C(C)C)no3)CCO2)ccn1. The minimum Gasteiger partial charge on any atom is -0.370 e. The van der Waals surface area contributed by atoms with Gasteiger partial charge in [0.25, 0.3) is 5.91 Å². The Bertz CT molecular complexity index is 696. The fourth-order valence-corrected chi connectivity index (χ4v) is 2.62. The Labute approximate surface area is 135 Å². The van der Waals surface area contributed by atoms with Gasteiger partial charge in [0, 0.05) is 24.5 Å². The van der Waals surface area contributed by atoms with E-state index in [0.717, 1.165) is 17.0 Å². The van der Waals surface area contributed by atoms with E-state index in [2.05, 4.69) is 10.1 Å². The third kappa shape index (κ3) is 3.42. The Morgan fingerprint density at radius 1 is 1.39 bits per heavy atom. The number of morpholine rings is 1. The lowest BCUT2D eigenvalue weighted by molar-refractivity contribution is -0.0240. The molecular weight excluding hydrogens is 294 g/mol. The lowest BCUT2D eigenvalue weighted by Gasteiger charge is -2.32. The summed E-state index contributed by atoms with van der Waals surface area (Å²) in [5, 5.41) is 3.96. The number of aromatic nitrogens is 2. The molecule has 0 radical (unpaired) electrons. The highest BCUT2D eigenvalue weighted by atomic mass is 16.5. The van der Waals surface area contributed by atoms with Crippen molar-refractivity contribution in [3.63, 3.8) is 0 Å². The molecule has 1 fully saturated rings. The largest absolute Gasteiger partial charge is 0.370 e. The number of pyridine rings is 1. The summed E-state index contributed by atoms with van der Waals surface area (Å²) in [6, 6.07) is 5.65. The van der Waals surface area contributed by atoms with Crippen molar-refractivity contribution in [3.05, 3.63) is 47.1 Å². The van der Waals surface area contributed by atoms with Crippen LogP contribution in [0.3, 0.4) is 0 Å². The summed E-state index contributed by atoms with van der Waals surface area (Å²) in [6.45, 7) is 7.53. The third-order valence-corrected chi connectivity index (χ3v) is 3.98. The number of carbonyl (C=O) groups is 1. The molecule has 0 aliphatic carbocycles. The van der Waals surface area contributed by atoms with E-state index in [1.807, 2.05) is 32.9 Å². The first-order valence-corrected chi connectivity index (χ1v) is 7.84. The Hall–Kier alpha value is -2.21. The first-order valence-electron chi connectivity index (χ1n) is 7.84. The van der Waals surface area contributed by atoms with Gasteiger partial charge < -0.3 is 14.2 Å². The van der Waals surface area contributed by atoms with Crippen molar-refractivity contribution in [1.82, 2.24) is 15.0 Å². The molecule has 23 heavy (non-hydrogen) atoms. The number of carbonyl (C=O) groups excluding carboxylic acids is 1. The Balaban J connectivity index is 1.73. The lowest BCUT2D eigenvalue weighted by Crippen LogP contribution is -2.42. The van der Waals surface area contributed by atoms with Crippen LogP contribution in [0.2, 0.25) is 0 Å². The first kappa shape index (κ1) is 15.7. The van der Waals surface area contributed by atoms with Gasteiger partial charge >= 0.3 is 0 Å². The summed E-state index contributed by atoms with van der Waals surface area (Å²) in [6.07, 6.45) is 1.63. The van der Waals surface area contributed by atoms with Gasteiger partial charge in [0.1, 0.15) is 6.10 Å². The minimum absolute atomic E-state index is 0.136. The van der Waals surface area contributed by atoms with E-state index in [-0.39, 0.29) is 17.9 Å². The van der Waals surface area contributed by atoms with Crippen LogP contribution in [0.4, 0.5) is 0 Å². The van der Waals surface area contributed by atoms with Crippen LogP contribution in [0.15, 0.2) is 28.9 Å². The van der Waals surface area contributed by atoms with Gasteiger partial charge in [0.2, 0.25) is 5.76 Å². The predicted molar refractivity (Wildman–Crippen MR) is 84.2 cm³/mol. The second kappa shape index (κ2) is 6.50. The molecule has 6 nitrogen and oxygen atoms in total. The second-order valence-electron chi connectivity index (χ2n) is 6.11. The molecule has 0 unspecified atom stereocenters. The zero-order valence-electron chi connectivity index (χ0n) is 13.7. The predicted octanol–water partition coefficient (Wildman–Crippen LogP) is 2.72. The van der Waals surface area contributed by atoms with Crippen LogP contribution in [-0.2, 0) is 4.74 Å². The van der Waals surface area contributed by atoms with Crippen LogP contribution in [0, 0.1) is 6.92 Å². The first-order chi connectivity index (χ1) is 11.0. The van der Waals surface area contributed by atoms with Crippen molar-refractivity contribution in [2.24, 2.45) is 0 Å². The topological polar surface area (TPSA) is 68.5 Å². The smallest absolute Gasteiger partial charge is 0.292 e. The van der Waals surface area contributed by atoms with Gasteiger partial charge in [-0.15, -0.1) is 0 Å². The van der Waals surface area contributed by atoms with E-state index in [9.17, 15) is 4.79 Å². The fraction of sp³-hybridized carbons (Fsp3) is 0.471. The summed E-state index contributed by atoms with van der Waals surface area (Å²) >= 11 is 0. The number of aryl methyl sites for hydroxylation is 1. The molecule has 0 aromatic carbocycles. The van der Waals surface area contributed by atoms with Gasteiger partial charge in [-0.3, -0.25) is 9.78 Å². The summed E-state index contributed by atoms with van der Waals surface area (Å²) < 4.78 is 11.0. The monoisotopic (exact) mass is 315 g/mol. The van der Waals surface area contributed by atoms with Crippen LogP contribution in [0.5, 0.6) is 0 Å². The maximum Gasteiger partial charge on any atom is 0.292 e. The maximum absolute atomic E-state index is 12.6. The van der Waals surface area contributed by atoms with E-state index in [4.69, 9.17) is 9.26 Å². The Kier molecular flexibility index (Phi) is 4.43. The molecule has 2 aromatic rings. The van der Waals surface area contributed by atoms with Crippen LogP contribution >= 0.6 is 0 Å². The van der Waals surface area contributed by atoms with E-state index < -0.39 is 0 Å². The molecule has 1 aliphatic rings. The average molecular weight is 315 g/mol. The summed E-state index contributed by atoms with van der Waals surface area (Å²) in [5.74, 6) is 0.390. The maximum atomic E-state index is 12.6. The third-order valence-electron chi connectivity index (χ3n) is 3.98. The van der Waals surface area contributed by atoms with Gasteiger partial charge in [-0.1, -0.05) is 19.0 Å². The zero-order valence-corrected chi connectivity index (χ0v) is 13.7. The normalized spacial score (nSPS) is 18.4. The minimum atomic E-state index is -0.137. The summed E-state index contributed by atoms with van der Waals surface area (Å²) in [7, 11) is 0. The molecule has 0 bridgehead atoms. The van der Waals surface area contributed by atoms with Crippen LogP contribution in [0.25, 0.3) is 0 Å². The molecule has 0 saturated carbocycles. The van der Waals surface area contributed by atoms with Crippen molar-refractivity contribution >= 4 is 5.91 Å². The standard InChI is InChI=1S/C17H21N3O3/c1-11(2)14-9-15(23-19-14)17(21)20-6-7-22-16(10-20)13-4-5-18-12(3)8-13/h4-5,8-9,11,16H,6-7,10H2,1-3H3/t16-/m1/s1. The van der Waals surface area contributed by atoms with Gasteiger partial charge in [0.05, 0.1) is 18.8 Å². The van der Waals surface area contributed by atoms with E-state index in [0.29, 0.717) is 25.5 Å². The highest BCUT2D eigenvalue weighted by molar-refractivity contribution is 5.91. The van der Waals surface area contributed by atoms with Gasteiger partial charge in [-0.25, -0.2) is 0 Å². The summed E-state index contributed by atoms with van der Waals surface area (Å²) in [5.41, 5.74) is 2.77. The average Bonchev–Trinajstić information content (AvgIpc) is 3.04. The van der Waals surface area contributed by atoms with Crippen LogP contribution in [-0.4, -0.2) is 40.6 Å². The van der Waals surface area contributed by atoms with Crippen LogP contribution < -0.4 is 0 Å². The molecule has 1 atom stereocenters. The molecule has 1 aliphatic heterocycles. The quantitative estimate of drug-likeness (QED) is 0.871. The number of amides is 1. The van der Waals surface area contributed by atoms with Gasteiger partial charge in [-0.05, 0) is 30.5 Å². The van der Waals surface area contributed by atoms with Crippen LogP contribution in [0.1, 0.15) is 53.4 Å². The van der Waals surface area contributed by atoms with Crippen molar-refractivity contribution in [2.45, 2.75) is 32.8 Å². The number of nitrogens with zero attached hydrogens (tertiary/aromatic N) is 3. The van der Waals surface area contributed by atoms with E-state index in [1.54, 1.807) is 17.2 Å². The molecule has 2 aromatic heterocycles. The molecule has 1 amide bonds. The molecule has 3 rings (SSSR count). The van der Waals surface area contributed by atoms with E-state index in [1.165, 1.54) is 0 Å². The van der Waals surface area contributed by atoms with Crippen molar-refractivity contribution in [2.75, 3.05) is 19.7 Å². The number of hydrogen-bond acceptors (Lipinski definition) is 5. The van der Waals surface area contributed by atoms with Gasteiger partial charge in [-0.2, -0.15) is 0 Å². The number of rotatable bonds is 3. The molecule has 122 valence electrons. The van der Waals surface area contributed by atoms with Crippen molar-refractivity contribution in [3.8, 4) is 0 Å². The highest BCUT2D eigenvalue weighted by Crippen LogP contribution is 2.24. The molecule has 6 heteroatoms. The van der Waals surface area contributed by atoms with E-state index >= 15 is 0 Å². The highest BCUT2D eigenvalue weighted by Gasteiger charge is 2.28. The molecule has 0 N–H and O–H groups in total. The van der Waals surface area contributed by atoms with Crippen molar-refractivity contribution in [1.29, 1.82) is 0 Å². The van der Waals surface area contributed by atoms with Crippen molar-refractivity contribution < 1.29 is 14.1 Å². The number of hydrogen-bond donors (Lipinski definition) is 0. The summed E-state index contributed by atoms with van der Waals surface area (Å²) in [4.78, 5) is 18.6. The zero-order chi connectivity index (χ0) is 16.4. The molecule has 0 spiro atoms.